The van der Waals surface area contributed by atoms with E-state index in [0.29, 0.717) is 12.8 Å². The normalized spacial score (nSPS) is 16.1. The molecule has 28 heavy (non-hydrogen) atoms. The molecule has 6 heteroatoms. The lowest BCUT2D eigenvalue weighted by atomic mass is 10.2. The second-order valence-electron chi connectivity index (χ2n) is 7.26. The molecule has 0 bridgehead atoms. The van der Waals surface area contributed by atoms with Crippen LogP contribution in [-0.4, -0.2) is 74.0 Å². The molecule has 1 saturated heterocycles. The van der Waals surface area contributed by atoms with Crippen LogP contribution < -0.4 is 10.6 Å². The van der Waals surface area contributed by atoms with Gasteiger partial charge in [0.1, 0.15) is 0 Å². The Morgan fingerprint density at radius 3 is 1.46 bits per heavy atom. The average Bonchev–Trinajstić information content (AvgIpc) is 2.70. The first-order valence-electron chi connectivity index (χ1n) is 10.9. The summed E-state index contributed by atoms with van der Waals surface area (Å²) in [4.78, 5) is 28.2. The Labute approximate surface area is 171 Å². The third-order valence-corrected chi connectivity index (χ3v) is 4.82. The van der Waals surface area contributed by atoms with Crippen molar-refractivity contribution in [1.29, 1.82) is 0 Å². The van der Waals surface area contributed by atoms with E-state index < -0.39 is 0 Å². The summed E-state index contributed by atoms with van der Waals surface area (Å²) in [5.41, 5.74) is 0. The van der Waals surface area contributed by atoms with Crippen molar-refractivity contribution < 1.29 is 9.59 Å². The van der Waals surface area contributed by atoms with E-state index in [-0.39, 0.29) is 11.8 Å². The zero-order valence-corrected chi connectivity index (χ0v) is 17.9. The number of rotatable bonds is 14. The molecule has 0 aliphatic carbocycles. The second-order valence-corrected chi connectivity index (χ2v) is 7.26. The van der Waals surface area contributed by atoms with Crippen LogP contribution >= 0.6 is 0 Å². The van der Waals surface area contributed by atoms with Crippen molar-refractivity contribution in [1.82, 2.24) is 20.4 Å². The highest BCUT2D eigenvalue weighted by Crippen LogP contribution is 2.03. The predicted molar refractivity (Wildman–Crippen MR) is 116 cm³/mol. The number of carbonyl (C=O) groups excluding carboxylic acids is 2. The third-order valence-electron chi connectivity index (χ3n) is 4.82. The number of nitrogens with zero attached hydrogens (tertiary/aromatic N) is 2. The molecule has 0 aromatic rings. The fourth-order valence-electron chi connectivity index (χ4n) is 3.16. The van der Waals surface area contributed by atoms with Crippen LogP contribution in [0.3, 0.4) is 0 Å². The van der Waals surface area contributed by atoms with E-state index in [4.69, 9.17) is 0 Å². The molecule has 0 unspecified atom stereocenters. The van der Waals surface area contributed by atoms with Gasteiger partial charge in [-0.1, -0.05) is 38.2 Å². The number of nitrogens with one attached hydrogen (secondary N) is 2. The molecule has 1 fully saturated rings. The predicted octanol–water partition coefficient (Wildman–Crippen LogP) is 2.33. The van der Waals surface area contributed by atoms with E-state index in [2.05, 4.69) is 34.3 Å². The lowest BCUT2D eigenvalue weighted by Gasteiger charge is -2.34. The summed E-state index contributed by atoms with van der Waals surface area (Å²) < 4.78 is 0. The van der Waals surface area contributed by atoms with Gasteiger partial charge in [-0.05, 0) is 38.8 Å². The maximum atomic E-state index is 11.6. The van der Waals surface area contributed by atoms with Gasteiger partial charge in [0.2, 0.25) is 11.8 Å². The third kappa shape index (κ3) is 12.7. The quantitative estimate of drug-likeness (QED) is 0.352. The van der Waals surface area contributed by atoms with E-state index in [1.165, 1.54) is 0 Å². The molecule has 0 spiro atoms. The summed E-state index contributed by atoms with van der Waals surface area (Å²) in [7, 11) is 0. The number of hydrogen-bond acceptors (Lipinski definition) is 4. The molecule has 160 valence electrons. The highest BCUT2D eigenvalue weighted by Gasteiger charge is 2.15. The first-order chi connectivity index (χ1) is 13.7. The number of amides is 2. The van der Waals surface area contributed by atoms with Crippen LogP contribution in [0.4, 0.5) is 0 Å². The SMILES string of the molecule is CC/C=C/CC(=O)NCCCN1CCN(CCCNC(=O)C/C=C/CC)CC1. The minimum absolute atomic E-state index is 0.114. The topological polar surface area (TPSA) is 64.7 Å². The molecular formula is C22H40N4O2. The minimum Gasteiger partial charge on any atom is -0.356 e. The molecule has 1 rings (SSSR count). The number of piperazine rings is 1. The van der Waals surface area contributed by atoms with Gasteiger partial charge in [0, 0.05) is 52.1 Å². The first kappa shape index (κ1) is 24.4. The summed E-state index contributed by atoms with van der Waals surface area (Å²) >= 11 is 0. The molecule has 2 amide bonds. The maximum Gasteiger partial charge on any atom is 0.223 e. The molecule has 1 aliphatic rings. The number of hydrogen-bond donors (Lipinski definition) is 2. The van der Waals surface area contributed by atoms with Crippen molar-refractivity contribution in [3.05, 3.63) is 24.3 Å². The van der Waals surface area contributed by atoms with Crippen LogP contribution in [0.5, 0.6) is 0 Å². The summed E-state index contributed by atoms with van der Waals surface area (Å²) in [6.07, 6.45) is 12.9. The van der Waals surface area contributed by atoms with Gasteiger partial charge < -0.3 is 20.4 Å². The Hall–Kier alpha value is -1.66. The fraction of sp³-hybridized carbons (Fsp3) is 0.727. The van der Waals surface area contributed by atoms with Gasteiger partial charge in [0.25, 0.3) is 0 Å². The monoisotopic (exact) mass is 392 g/mol. The van der Waals surface area contributed by atoms with Gasteiger partial charge in [-0.25, -0.2) is 0 Å². The van der Waals surface area contributed by atoms with Crippen molar-refractivity contribution in [3.8, 4) is 0 Å². The Balaban J connectivity index is 1.99. The van der Waals surface area contributed by atoms with Gasteiger partial charge in [0.05, 0.1) is 0 Å². The van der Waals surface area contributed by atoms with Crippen molar-refractivity contribution in [3.63, 3.8) is 0 Å². The summed E-state index contributed by atoms with van der Waals surface area (Å²) in [6, 6.07) is 0. The van der Waals surface area contributed by atoms with Crippen LogP contribution in [0.2, 0.25) is 0 Å². The zero-order valence-electron chi connectivity index (χ0n) is 17.9. The van der Waals surface area contributed by atoms with Crippen LogP contribution in [0.15, 0.2) is 24.3 Å². The summed E-state index contributed by atoms with van der Waals surface area (Å²) in [5, 5.41) is 5.97. The van der Waals surface area contributed by atoms with Gasteiger partial charge in [-0.3, -0.25) is 9.59 Å². The van der Waals surface area contributed by atoms with Crippen molar-refractivity contribution >= 4 is 11.8 Å². The van der Waals surface area contributed by atoms with Gasteiger partial charge >= 0.3 is 0 Å². The van der Waals surface area contributed by atoms with Crippen LogP contribution in [0.25, 0.3) is 0 Å². The zero-order chi connectivity index (χ0) is 20.5. The Bertz CT molecular complexity index is 439. The molecule has 0 saturated carbocycles. The second kappa shape index (κ2) is 16.3. The average molecular weight is 393 g/mol. The fourth-order valence-corrected chi connectivity index (χ4v) is 3.16. The molecule has 0 atom stereocenters. The van der Waals surface area contributed by atoms with Crippen LogP contribution in [0, 0.1) is 0 Å². The lowest BCUT2D eigenvalue weighted by molar-refractivity contribution is -0.121. The summed E-state index contributed by atoms with van der Waals surface area (Å²) in [6.45, 7) is 12.1. The van der Waals surface area contributed by atoms with Crippen LogP contribution in [-0.2, 0) is 9.59 Å². The highest BCUT2D eigenvalue weighted by molar-refractivity contribution is 5.77. The highest BCUT2D eigenvalue weighted by atomic mass is 16.2. The molecule has 0 aromatic carbocycles. The largest absolute Gasteiger partial charge is 0.356 e. The maximum absolute atomic E-state index is 11.6. The molecule has 0 radical (unpaired) electrons. The number of allylic oxidation sites excluding steroid dienone is 2. The molecule has 1 heterocycles. The number of carbonyl (C=O) groups is 2. The van der Waals surface area contributed by atoms with Gasteiger partial charge in [-0.2, -0.15) is 0 Å². The summed E-state index contributed by atoms with van der Waals surface area (Å²) in [5.74, 6) is 0.228. The van der Waals surface area contributed by atoms with E-state index in [9.17, 15) is 9.59 Å². The minimum atomic E-state index is 0.114. The molecule has 2 N–H and O–H groups in total. The van der Waals surface area contributed by atoms with E-state index in [1.54, 1.807) is 0 Å². The van der Waals surface area contributed by atoms with Crippen molar-refractivity contribution in [2.75, 3.05) is 52.4 Å². The molecular weight excluding hydrogens is 352 g/mol. The Kier molecular flexibility index (Phi) is 14.2. The van der Waals surface area contributed by atoms with E-state index >= 15 is 0 Å². The van der Waals surface area contributed by atoms with E-state index in [0.717, 1.165) is 78.0 Å². The lowest BCUT2D eigenvalue weighted by Crippen LogP contribution is -2.47. The Morgan fingerprint density at radius 1 is 0.714 bits per heavy atom. The molecule has 6 nitrogen and oxygen atoms in total. The van der Waals surface area contributed by atoms with Crippen LogP contribution in [0.1, 0.15) is 52.4 Å². The molecule has 1 aliphatic heterocycles. The first-order valence-corrected chi connectivity index (χ1v) is 10.9. The van der Waals surface area contributed by atoms with Crippen molar-refractivity contribution in [2.45, 2.75) is 52.4 Å². The van der Waals surface area contributed by atoms with Crippen molar-refractivity contribution in [2.24, 2.45) is 0 Å². The van der Waals surface area contributed by atoms with Gasteiger partial charge in [0.15, 0.2) is 0 Å². The van der Waals surface area contributed by atoms with E-state index in [1.807, 2.05) is 24.3 Å². The Morgan fingerprint density at radius 2 is 1.11 bits per heavy atom. The smallest absolute Gasteiger partial charge is 0.223 e. The molecule has 0 aromatic heterocycles. The standard InChI is InChI=1S/C22H40N4O2/c1-3-5-7-11-21(27)23-13-9-15-25-17-19-26(20-18-25)16-10-14-24-22(28)12-8-6-4-2/h5-8H,3-4,9-20H2,1-2H3,(H,23,27)(H,24,28)/b7-5+,8-6+. The van der Waals surface area contributed by atoms with Gasteiger partial charge in [-0.15, -0.1) is 0 Å².